The van der Waals surface area contributed by atoms with Crippen molar-refractivity contribution >= 4 is 63.4 Å². The summed E-state index contributed by atoms with van der Waals surface area (Å²) in [5, 5.41) is 17.2. The summed E-state index contributed by atoms with van der Waals surface area (Å²) in [6.07, 6.45) is 0.506. The molecule has 43 heavy (non-hydrogen) atoms. The topological polar surface area (TPSA) is 155 Å². The van der Waals surface area contributed by atoms with E-state index in [2.05, 4.69) is 9.47 Å². The van der Waals surface area contributed by atoms with Gasteiger partial charge >= 0.3 is 5.97 Å². The van der Waals surface area contributed by atoms with Gasteiger partial charge in [0.05, 0.1) is 34.8 Å². The summed E-state index contributed by atoms with van der Waals surface area (Å²) in [5.41, 5.74) is 8.84. The van der Waals surface area contributed by atoms with Gasteiger partial charge in [-0.05, 0) is 35.9 Å². The standard InChI is InChI=1S/C29H32N6O5S.2ClH/c30-29(31)22-8-6-21(7-9-22)18-27-32-25-19-23(10-11-26(25)34(27)13-12-33-14-16-40-17-15-33)35(20-28(36)37)41(38,39)24-4-2-1-3-5-24;;/h1-11,19H,12-18,20H2,(H3,30,31)(H,36,37);2*1H. The van der Waals surface area contributed by atoms with Gasteiger partial charge in [0, 0.05) is 38.2 Å². The largest absolute Gasteiger partial charge is 0.480 e. The molecule has 11 nitrogen and oxygen atoms in total. The maximum absolute atomic E-state index is 13.5. The molecule has 1 aromatic heterocycles. The zero-order valence-corrected chi connectivity index (χ0v) is 25.7. The third-order valence-corrected chi connectivity index (χ3v) is 8.87. The number of nitrogens with two attached hydrogens (primary N) is 1. The molecule has 230 valence electrons. The number of carbonyl (C=O) groups is 1. The highest BCUT2D eigenvalue weighted by Gasteiger charge is 2.28. The molecule has 3 aromatic carbocycles. The van der Waals surface area contributed by atoms with Crippen LogP contribution in [0.1, 0.15) is 17.0 Å². The van der Waals surface area contributed by atoms with Gasteiger partial charge in [0.15, 0.2) is 0 Å². The minimum Gasteiger partial charge on any atom is -0.480 e. The molecule has 4 aromatic rings. The maximum atomic E-state index is 13.5. The molecule has 0 radical (unpaired) electrons. The number of anilines is 1. The van der Waals surface area contributed by atoms with Gasteiger partial charge in [-0.1, -0.05) is 42.5 Å². The number of amidine groups is 1. The first-order chi connectivity index (χ1) is 19.7. The van der Waals surface area contributed by atoms with Crippen LogP contribution in [-0.2, 0) is 32.5 Å². The minimum absolute atomic E-state index is 0. The number of aliphatic carboxylic acids is 1. The lowest BCUT2D eigenvalue weighted by molar-refractivity contribution is -0.135. The molecule has 4 N–H and O–H groups in total. The SMILES string of the molecule is Cl.Cl.N=C(N)c1ccc(Cc2nc3cc(N(CC(=O)O)S(=O)(=O)c4ccccc4)ccc3n2CCN2CCOCC2)cc1. The third kappa shape index (κ3) is 7.84. The highest BCUT2D eigenvalue weighted by atomic mass is 35.5. The van der Waals surface area contributed by atoms with Crippen molar-refractivity contribution in [3.63, 3.8) is 0 Å². The van der Waals surface area contributed by atoms with Gasteiger partial charge in [-0.15, -0.1) is 24.8 Å². The Morgan fingerprint density at radius 1 is 1.00 bits per heavy atom. The van der Waals surface area contributed by atoms with Crippen LogP contribution in [0, 0.1) is 5.41 Å². The van der Waals surface area contributed by atoms with Crippen LogP contribution in [0.2, 0.25) is 0 Å². The van der Waals surface area contributed by atoms with Gasteiger partial charge < -0.3 is 20.1 Å². The first kappa shape index (κ1) is 33.8. The summed E-state index contributed by atoms with van der Waals surface area (Å²) in [7, 11) is -4.13. The van der Waals surface area contributed by atoms with E-state index in [4.69, 9.17) is 20.9 Å². The second-order valence-corrected chi connectivity index (χ2v) is 11.7. The Bertz CT molecular complexity index is 1660. The van der Waals surface area contributed by atoms with Crippen LogP contribution in [0.5, 0.6) is 0 Å². The van der Waals surface area contributed by atoms with Gasteiger partial charge in [0.1, 0.15) is 18.2 Å². The summed E-state index contributed by atoms with van der Waals surface area (Å²) in [6, 6.07) is 20.3. The van der Waals surface area contributed by atoms with Crippen molar-refractivity contribution in [2.45, 2.75) is 17.9 Å². The monoisotopic (exact) mass is 648 g/mol. The van der Waals surface area contributed by atoms with E-state index in [1.165, 1.54) is 12.1 Å². The van der Waals surface area contributed by atoms with Crippen molar-refractivity contribution < 1.29 is 23.1 Å². The molecule has 0 atom stereocenters. The molecule has 0 bridgehead atoms. The molecule has 0 aliphatic carbocycles. The summed E-state index contributed by atoms with van der Waals surface area (Å²) < 4.78 is 35.4. The van der Waals surface area contributed by atoms with E-state index in [1.807, 2.05) is 12.1 Å². The lowest BCUT2D eigenvalue weighted by atomic mass is 10.1. The van der Waals surface area contributed by atoms with Crippen LogP contribution in [0.4, 0.5) is 5.69 Å². The van der Waals surface area contributed by atoms with Crippen molar-refractivity contribution in [3.8, 4) is 0 Å². The third-order valence-electron chi connectivity index (χ3n) is 7.08. The predicted molar refractivity (Wildman–Crippen MR) is 170 cm³/mol. The number of imidazole rings is 1. The second-order valence-electron chi connectivity index (χ2n) is 9.81. The number of ether oxygens (including phenoxy) is 1. The van der Waals surface area contributed by atoms with E-state index in [0.717, 1.165) is 40.8 Å². The predicted octanol–water partition coefficient (Wildman–Crippen LogP) is 3.37. The van der Waals surface area contributed by atoms with E-state index < -0.39 is 22.5 Å². The zero-order chi connectivity index (χ0) is 29.0. The van der Waals surface area contributed by atoms with Gasteiger partial charge in [0.2, 0.25) is 0 Å². The molecule has 2 heterocycles. The number of morpholine rings is 1. The molecule has 0 spiro atoms. The summed E-state index contributed by atoms with van der Waals surface area (Å²) in [5.74, 6) is -0.481. The fraction of sp³-hybridized carbons (Fsp3) is 0.276. The summed E-state index contributed by atoms with van der Waals surface area (Å²) >= 11 is 0. The number of hydrogen-bond donors (Lipinski definition) is 3. The average molecular weight is 650 g/mol. The van der Waals surface area contributed by atoms with Crippen LogP contribution in [0.25, 0.3) is 11.0 Å². The Labute approximate surface area is 262 Å². The van der Waals surface area contributed by atoms with E-state index in [1.54, 1.807) is 48.5 Å². The number of hydrogen-bond acceptors (Lipinski definition) is 7. The molecule has 1 aliphatic rings. The lowest BCUT2D eigenvalue weighted by Gasteiger charge is -2.27. The molecular formula is C29H34Cl2N6O5S. The number of benzene rings is 3. The van der Waals surface area contributed by atoms with Crippen molar-refractivity contribution in [2.24, 2.45) is 5.73 Å². The first-order valence-electron chi connectivity index (χ1n) is 13.2. The van der Waals surface area contributed by atoms with Gasteiger partial charge in [-0.3, -0.25) is 19.4 Å². The number of carboxylic acid groups (broad SMARTS) is 1. The van der Waals surface area contributed by atoms with Crippen LogP contribution < -0.4 is 10.0 Å². The summed E-state index contributed by atoms with van der Waals surface area (Å²) in [6.45, 7) is 3.81. The number of aromatic nitrogens is 2. The fourth-order valence-corrected chi connectivity index (χ4v) is 6.34. The van der Waals surface area contributed by atoms with Gasteiger partial charge in [-0.25, -0.2) is 13.4 Å². The van der Waals surface area contributed by atoms with Gasteiger partial charge in [0.25, 0.3) is 10.0 Å². The van der Waals surface area contributed by atoms with Crippen LogP contribution in [0.3, 0.4) is 0 Å². The molecule has 0 saturated carbocycles. The highest BCUT2D eigenvalue weighted by Crippen LogP contribution is 2.28. The van der Waals surface area contributed by atoms with Crippen molar-refractivity contribution in [2.75, 3.05) is 43.7 Å². The Morgan fingerprint density at radius 2 is 1.67 bits per heavy atom. The number of carboxylic acids is 1. The van der Waals surface area contributed by atoms with E-state index in [-0.39, 0.29) is 41.2 Å². The number of nitrogens with one attached hydrogen (secondary N) is 1. The minimum atomic E-state index is -4.13. The lowest BCUT2D eigenvalue weighted by Crippen LogP contribution is -2.38. The van der Waals surface area contributed by atoms with Crippen molar-refractivity contribution in [1.29, 1.82) is 5.41 Å². The van der Waals surface area contributed by atoms with Crippen molar-refractivity contribution in [1.82, 2.24) is 14.5 Å². The van der Waals surface area contributed by atoms with Crippen LogP contribution in [0.15, 0.2) is 77.7 Å². The Kier molecular flexibility index (Phi) is 11.5. The highest BCUT2D eigenvalue weighted by molar-refractivity contribution is 7.92. The van der Waals surface area contributed by atoms with E-state index in [0.29, 0.717) is 37.3 Å². The molecule has 14 heteroatoms. The first-order valence-corrected chi connectivity index (χ1v) is 14.7. The van der Waals surface area contributed by atoms with Gasteiger partial charge in [-0.2, -0.15) is 0 Å². The molecule has 5 rings (SSSR count). The molecule has 1 fully saturated rings. The zero-order valence-electron chi connectivity index (χ0n) is 23.3. The Balaban J connectivity index is 0.00000253. The number of halogens is 2. The Hall–Kier alpha value is -3.68. The number of nitrogens with zero attached hydrogens (tertiary/aromatic N) is 4. The fourth-order valence-electron chi connectivity index (χ4n) is 4.92. The van der Waals surface area contributed by atoms with E-state index >= 15 is 0 Å². The number of nitrogen functional groups attached to an aromatic ring is 1. The van der Waals surface area contributed by atoms with Crippen molar-refractivity contribution in [3.05, 3.63) is 89.7 Å². The maximum Gasteiger partial charge on any atom is 0.324 e. The molecule has 1 saturated heterocycles. The molecule has 0 unspecified atom stereocenters. The Morgan fingerprint density at radius 3 is 2.30 bits per heavy atom. The molecular weight excluding hydrogens is 615 g/mol. The number of rotatable bonds is 11. The van der Waals surface area contributed by atoms with Crippen LogP contribution >= 0.6 is 24.8 Å². The van der Waals surface area contributed by atoms with Crippen LogP contribution in [-0.4, -0.2) is 79.2 Å². The molecule has 0 amide bonds. The number of fused-ring (bicyclic) bond motifs is 1. The van der Waals surface area contributed by atoms with E-state index in [9.17, 15) is 18.3 Å². The molecule has 1 aliphatic heterocycles. The quantitative estimate of drug-likeness (QED) is 0.165. The smallest absolute Gasteiger partial charge is 0.324 e. The average Bonchev–Trinajstić information content (AvgIpc) is 3.31. The second kappa shape index (κ2) is 14.7. The normalized spacial score (nSPS) is 13.6. The number of sulfonamides is 1. The summed E-state index contributed by atoms with van der Waals surface area (Å²) in [4.78, 5) is 19.0.